The Morgan fingerprint density at radius 1 is 1.04 bits per heavy atom. The molecule has 0 N–H and O–H groups in total. The summed E-state index contributed by atoms with van der Waals surface area (Å²) in [4.78, 5) is 21.9. The summed E-state index contributed by atoms with van der Waals surface area (Å²) in [5.74, 6) is 9.72. The van der Waals surface area contributed by atoms with Crippen LogP contribution in [0.3, 0.4) is 0 Å². The van der Waals surface area contributed by atoms with Gasteiger partial charge in [-0.05, 0) is 48.7 Å². The smallest absolute Gasteiger partial charge is 0.304 e. The van der Waals surface area contributed by atoms with E-state index in [1.54, 1.807) is 6.08 Å². The maximum Gasteiger partial charge on any atom is 0.304 e. The summed E-state index contributed by atoms with van der Waals surface area (Å²) in [6.45, 7) is 8.29. The second kappa shape index (κ2) is 13.2. The number of unbranched alkanes of at least 4 members (excludes halogenated alkanes) is 3. The van der Waals surface area contributed by atoms with Gasteiger partial charge in [0.25, 0.3) is 0 Å². The Labute approximate surface area is 138 Å². The fourth-order valence-electron chi connectivity index (χ4n) is 1.56. The van der Waals surface area contributed by atoms with E-state index in [2.05, 4.69) is 37.2 Å². The van der Waals surface area contributed by atoms with Crippen molar-refractivity contribution in [3.8, 4) is 23.7 Å². The van der Waals surface area contributed by atoms with Crippen LogP contribution in [0.5, 0.6) is 0 Å². The number of esters is 2. The van der Waals surface area contributed by atoms with Crippen molar-refractivity contribution in [1.82, 2.24) is 0 Å². The fraction of sp³-hybridized carbons (Fsp3) is 0.474. The minimum atomic E-state index is -0.696. The first-order valence-corrected chi connectivity index (χ1v) is 7.64. The Kier molecular flexibility index (Phi) is 11.8. The van der Waals surface area contributed by atoms with Crippen LogP contribution in [0.15, 0.2) is 24.8 Å². The van der Waals surface area contributed by atoms with Crippen molar-refractivity contribution in [2.45, 2.75) is 58.7 Å². The van der Waals surface area contributed by atoms with E-state index >= 15 is 0 Å². The van der Waals surface area contributed by atoms with E-state index in [1.807, 2.05) is 6.08 Å². The normalized spacial score (nSPS) is 12.1. The molecule has 0 aliphatic heterocycles. The molecular weight excluding hydrogens is 292 g/mol. The third-order valence-corrected chi connectivity index (χ3v) is 2.58. The van der Waals surface area contributed by atoms with E-state index in [1.165, 1.54) is 26.3 Å². The number of rotatable bonds is 8. The van der Waals surface area contributed by atoms with Gasteiger partial charge in [-0.15, -0.1) is 0 Å². The predicted molar refractivity (Wildman–Crippen MR) is 90.1 cm³/mol. The molecule has 0 aromatic heterocycles. The average Bonchev–Trinajstić information content (AvgIpc) is 2.48. The van der Waals surface area contributed by atoms with Gasteiger partial charge >= 0.3 is 11.9 Å². The molecule has 0 unspecified atom stereocenters. The quantitative estimate of drug-likeness (QED) is 0.299. The maximum atomic E-state index is 11.1. The zero-order chi connectivity index (χ0) is 17.5. The van der Waals surface area contributed by atoms with Gasteiger partial charge in [-0.1, -0.05) is 32.4 Å². The van der Waals surface area contributed by atoms with Gasteiger partial charge in [0.05, 0.1) is 0 Å². The molecular formula is C19H24O4. The molecule has 4 nitrogen and oxygen atoms in total. The van der Waals surface area contributed by atoms with Gasteiger partial charge in [0, 0.05) is 13.8 Å². The third-order valence-electron chi connectivity index (χ3n) is 2.58. The monoisotopic (exact) mass is 316 g/mol. The lowest BCUT2D eigenvalue weighted by atomic mass is 10.2. The molecule has 23 heavy (non-hydrogen) atoms. The SMILES string of the molecule is C=C[C@@H](C#CC#C[C@H](/C=C/CCCCC)OC(C)=O)OC(C)=O. The summed E-state index contributed by atoms with van der Waals surface area (Å²) in [5, 5.41) is 0. The van der Waals surface area contributed by atoms with Crippen LogP contribution in [-0.2, 0) is 19.1 Å². The molecule has 0 radical (unpaired) electrons. The second-order valence-electron chi connectivity index (χ2n) is 4.76. The molecule has 0 rings (SSSR count). The van der Waals surface area contributed by atoms with Crippen LogP contribution in [0.1, 0.15) is 46.5 Å². The number of carbonyl (C=O) groups is 2. The molecule has 0 bridgehead atoms. The third kappa shape index (κ3) is 13.0. The standard InChI is InChI=1S/C19H24O4/c1-5-7-8-9-10-14-19(23-17(4)21)15-12-11-13-18(6-2)22-16(3)20/h6,10,14,18-19H,2,5,7-9H2,1,3-4H3/b14-10+/t18-,19-/m0/s1. The molecule has 0 aliphatic rings. The summed E-state index contributed by atoms with van der Waals surface area (Å²) in [7, 11) is 0. The topological polar surface area (TPSA) is 52.6 Å². The van der Waals surface area contributed by atoms with Gasteiger partial charge in [0.2, 0.25) is 0 Å². The summed E-state index contributed by atoms with van der Waals surface area (Å²) in [6.07, 6.45) is 8.13. The summed E-state index contributed by atoms with van der Waals surface area (Å²) >= 11 is 0. The molecule has 0 saturated carbocycles. The summed E-state index contributed by atoms with van der Waals surface area (Å²) in [6, 6.07) is 0. The minimum absolute atomic E-state index is 0.403. The van der Waals surface area contributed by atoms with Crippen LogP contribution in [0.25, 0.3) is 0 Å². The van der Waals surface area contributed by atoms with E-state index in [0.717, 1.165) is 19.3 Å². The van der Waals surface area contributed by atoms with E-state index in [0.29, 0.717) is 0 Å². The van der Waals surface area contributed by atoms with Crippen LogP contribution >= 0.6 is 0 Å². The Morgan fingerprint density at radius 2 is 1.61 bits per heavy atom. The van der Waals surface area contributed by atoms with E-state index in [9.17, 15) is 9.59 Å². The van der Waals surface area contributed by atoms with Gasteiger partial charge < -0.3 is 9.47 Å². The van der Waals surface area contributed by atoms with Crippen molar-refractivity contribution in [2.75, 3.05) is 0 Å². The number of hydrogen-bond acceptors (Lipinski definition) is 4. The van der Waals surface area contributed by atoms with Crippen LogP contribution in [0.4, 0.5) is 0 Å². The Morgan fingerprint density at radius 3 is 2.13 bits per heavy atom. The number of hydrogen-bond donors (Lipinski definition) is 0. The molecule has 4 heteroatoms. The minimum Gasteiger partial charge on any atom is -0.445 e. The largest absolute Gasteiger partial charge is 0.445 e. The highest BCUT2D eigenvalue weighted by Crippen LogP contribution is 2.02. The van der Waals surface area contributed by atoms with Crippen LogP contribution < -0.4 is 0 Å². The highest BCUT2D eigenvalue weighted by Gasteiger charge is 2.03. The van der Waals surface area contributed by atoms with Crippen LogP contribution in [0, 0.1) is 23.7 Å². The van der Waals surface area contributed by atoms with Crippen LogP contribution in [0.2, 0.25) is 0 Å². The van der Waals surface area contributed by atoms with Crippen molar-refractivity contribution in [2.24, 2.45) is 0 Å². The molecule has 0 aromatic rings. The molecule has 0 saturated heterocycles. The highest BCUT2D eigenvalue weighted by molar-refractivity contribution is 5.67. The second-order valence-corrected chi connectivity index (χ2v) is 4.76. The molecule has 0 aliphatic carbocycles. The van der Waals surface area contributed by atoms with Gasteiger partial charge in [-0.3, -0.25) is 9.59 Å². The molecule has 0 aromatic carbocycles. The Hall–Kier alpha value is -2.46. The lowest BCUT2D eigenvalue weighted by Crippen LogP contribution is -2.11. The molecule has 124 valence electrons. The Bertz CT molecular complexity index is 537. The Balaban J connectivity index is 4.69. The summed E-state index contributed by atoms with van der Waals surface area (Å²) < 4.78 is 9.96. The van der Waals surface area contributed by atoms with Gasteiger partial charge in [-0.2, -0.15) is 0 Å². The van der Waals surface area contributed by atoms with E-state index < -0.39 is 24.1 Å². The van der Waals surface area contributed by atoms with Crippen molar-refractivity contribution >= 4 is 11.9 Å². The first-order chi connectivity index (χ1) is 11.0. The van der Waals surface area contributed by atoms with Crippen LogP contribution in [-0.4, -0.2) is 24.1 Å². The fourth-order valence-corrected chi connectivity index (χ4v) is 1.56. The average molecular weight is 316 g/mol. The first kappa shape index (κ1) is 20.5. The van der Waals surface area contributed by atoms with Gasteiger partial charge in [0.15, 0.2) is 12.2 Å². The lowest BCUT2D eigenvalue weighted by Gasteiger charge is -2.05. The zero-order valence-corrected chi connectivity index (χ0v) is 14.1. The lowest BCUT2D eigenvalue weighted by molar-refractivity contribution is -0.143. The first-order valence-electron chi connectivity index (χ1n) is 7.64. The number of allylic oxidation sites excluding steroid dienone is 1. The number of ether oxygens (including phenoxy) is 2. The number of carbonyl (C=O) groups excluding carboxylic acids is 2. The highest BCUT2D eigenvalue weighted by atomic mass is 16.5. The molecule has 0 spiro atoms. The van der Waals surface area contributed by atoms with Crippen molar-refractivity contribution in [3.63, 3.8) is 0 Å². The molecule has 0 heterocycles. The van der Waals surface area contributed by atoms with Crippen molar-refractivity contribution in [3.05, 3.63) is 24.8 Å². The van der Waals surface area contributed by atoms with Gasteiger partial charge in [0.1, 0.15) is 0 Å². The predicted octanol–water partition coefficient (Wildman–Crippen LogP) is 3.18. The molecule has 0 fully saturated rings. The maximum absolute atomic E-state index is 11.1. The van der Waals surface area contributed by atoms with Crippen molar-refractivity contribution in [1.29, 1.82) is 0 Å². The molecule has 0 amide bonds. The molecule has 2 atom stereocenters. The van der Waals surface area contributed by atoms with Gasteiger partial charge in [-0.25, -0.2) is 0 Å². The van der Waals surface area contributed by atoms with Crippen molar-refractivity contribution < 1.29 is 19.1 Å². The van der Waals surface area contributed by atoms with E-state index in [-0.39, 0.29) is 0 Å². The summed E-state index contributed by atoms with van der Waals surface area (Å²) in [5.41, 5.74) is 0. The van der Waals surface area contributed by atoms with E-state index in [4.69, 9.17) is 9.47 Å². The zero-order valence-electron chi connectivity index (χ0n) is 14.1.